The minimum atomic E-state index is -0.818. The van der Waals surface area contributed by atoms with Crippen LogP contribution < -0.4 is 4.74 Å². The van der Waals surface area contributed by atoms with Gasteiger partial charge in [-0.25, -0.2) is 18.6 Å². The summed E-state index contributed by atoms with van der Waals surface area (Å²) < 4.78 is 36.2. The summed E-state index contributed by atoms with van der Waals surface area (Å²) >= 11 is 5.96. The van der Waals surface area contributed by atoms with E-state index in [-0.39, 0.29) is 23.1 Å². The highest BCUT2D eigenvalue weighted by Crippen LogP contribution is 2.23. The molecule has 1 aromatic heterocycles. The summed E-state index contributed by atoms with van der Waals surface area (Å²) in [5.41, 5.74) is 0.0686. The SMILES string of the molecule is COC(=O)c1cc(Cl)c(COc2ccc(F)cn2)cc1F. The molecule has 21 heavy (non-hydrogen) atoms. The molecule has 110 valence electrons. The van der Waals surface area contributed by atoms with E-state index in [9.17, 15) is 13.6 Å². The van der Waals surface area contributed by atoms with Gasteiger partial charge in [0.1, 0.15) is 18.2 Å². The van der Waals surface area contributed by atoms with E-state index in [4.69, 9.17) is 16.3 Å². The number of carbonyl (C=O) groups excluding carboxylic acids is 1. The third-order valence-electron chi connectivity index (χ3n) is 2.62. The van der Waals surface area contributed by atoms with Crippen LogP contribution in [0.2, 0.25) is 5.02 Å². The maximum atomic E-state index is 13.8. The summed E-state index contributed by atoms with van der Waals surface area (Å²) in [7, 11) is 1.15. The van der Waals surface area contributed by atoms with E-state index < -0.39 is 17.6 Å². The third kappa shape index (κ3) is 3.66. The van der Waals surface area contributed by atoms with Gasteiger partial charge in [-0.05, 0) is 18.2 Å². The van der Waals surface area contributed by atoms with Gasteiger partial charge in [-0.15, -0.1) is 0 Å². The second-order valence-corrected chi connectivity index (χ2v) is 4.43. The van der Waals surface area contributed by atoms with Crippen molar-refractivity contribution in [1.29, 1.82) is 0 Å². The van der Waals surface area contributed by atoms with E-state index in [0.29, 0.717) is 5.56 Å². The maximum Gasteiger partial charge on any atom is 0.340 e. The van der Waals surface area contributed by atoms with Gasteiger partial charge in [0.15, 0.2) is 0 Å². The molecule has 2 rings (SSSR count). The van der Waals surface area contributed by atoms with Crippen LogP contribution >= 0.6 is 11.6 Å². The van der Waals surface area contributed by atoms with Crippen molar-refractivity contribution in [1.82, 2.24) is 4.98 Å². The zero-order valence-corrected chi connectivity index (χ0v) is 11.7. The van der Waals surface area contributed by atoms with Crippen LogP contribution in [0.15, 0.2) is 30.5 Å². The van der Waals surface area contributed by atoms with Crippen LogP contribution in [0, 0.1) is 11.6 Å². The summed E-state index contributed by atoms with van der Waals surface area (Å²) in [6.45, 7) is -0.0736. The van der Waals surface area contributed by atoms with Gasteiger partial charge in [-0.1, -0.05) is 11.6 Å². The zero-order valence-electron chi connectivity index (χ0n) is 10.9. The molecular weight excluding hydrogens is 304 g/mol. The molecule has 0 spiro atoms. The summed E-state index contributed by atoms with van der Waals surface area (Å²) in [6, 6.07) is 4.77. The Balaban J connectivity index is 2.15. The molecular formula is C14H10ClF2NO3. The van der Waals surface area contributed by atoms with Crippen LogP contribution in [0.4, 0.5) is 8.78 Å². The molecule has 0 fully saturated rings. The Labute approximate surface area is 124 Å². The minimum absolute atomic E-state index is 0.0736. The van der Waals surface area contributed by atoms with Crippen LogP contribution in [-0.2, 0) is 11.3 Å². The van der Waals surface area contributed by atoms with E-state index >= 15 is 0 Å². The normalized spacial score (nSPS) is 10.3. The number of hydrogen-bond acceptors (Lipinski definition) is 4. The largest absolute Gasteiger partial charge is 0.473 e. The van der Waals surface area contributed by atoms with Gasteiger partial charge in [0.05, 0.1) is 18.9 Å². The first-order chi connectivity index (χ1) is 10.0. The number of rotatable bonds is 4. The second kappa shape index (κ2) is 6.49. The summed E-state index contributed by atoms with van der Waals surface area (Å²) in [6.07, 6.45) is 0.998. The number of methoxy groups -OCH3 is 1. The molecule has 0 aliphatic heterocycles. The van der Waals surface area contributed by atoms with Crippen molar-refractivity contribution >= 4 is 17.6 Å². The van der Waals surface area contributed by atoms with Gasteiger partial charge in [0, 0.05) is 16.7 Å². The Morgan fingerprint density at radius 2 is 2.10 bits per heavy atom. The molecule has 0 N–H and O–H groups in total. The van der Waals surface area contributed by atoms with E-state index in [1.165, 1.54) is 18.2 Å². The van der Waals surface area contributed by atoms with Crippen LogP contribution in [-0.4, -0.2) is 18.1 Å². The first kappa shape index (κ1) is 15.2. The number of benzene rings is 1. The van der Waals surface area contributed by atoms with Gasteiger partial charge in [0.2, 0.25) is 5.88 Å². The molecule has 0 bridgehead atoms. The molecule has 0 amide bonds. The maximum absolute atomic E-state index is 13.8. The van der Waals surface area contributed by atoms with Crippen LogP contribution in [0.1, 0.15) is 15.9 Å². The highest BCUT2D eigenvalue weighted by atomic mass is 35.5. The lowest BCUT2D eigenvalue weighted by atomic mass is 10.1. The molecule has 0 saturated heterocycles. The van der Waals surface area contributed by atoms with Crippen molar-refractivity contribution in [3.05, 3.63) is 58.2 Å². The van der Waals surface area contributed by atoms with E-state index in [1.807, 2.05) is 0 Å². The number of ether oxygens (including phenoxy) is 2. The average Bonchev–Trinajstić information content (AvgIpc) is 2.48. The Kier molecular flexibility index (Phi) is 4.70. The highest BCUT2D eigenvalue weighted by molar-refractivity contribution is 6.31. The molecule has 7 heteroatoms. The molecule has 0 aliphatic rings. The Morgan fingerprint density at radius 1 is 1.33 bits per heavy atom. The molecule has 1 aromatic carbocycles. The van der Waals surface area contributed by atoms with Crippen molar-refractivity contribution in [3.8, 4) is 5.88 Å². The standard InChI is InChI=1S/C14H10ClF2NO3/c1-20-14(19)10-5-11(15)8(4-12(10)17)7-21-13-3-2-9(16)6-18-13/h2-6H,7H2,1H3. The number of esters is 1. The topological polar surface area (TPSA) is 48.4 Å². The van der Waals surface area contributed by atoms with Crippen molar-refractivity contribution < 1.29 is 23.0 Å². The predicted octanol–water partition coefficient (Wildman–Crippen LogP) is 3.38. The average molecular weight is 314 g/mol. The van der Waals surface area contributed by atoms with Gasteiger partial charge >= 0.3 is 5.97 Å². The number of nitrogens with zero attached hydrogens (tertiary/aromatic N) is 1. The fourth-order valence-corrected chi connectivity index (χ4v) is 1.78. The Hall–Kier alpha value is -2.21. The van der Waals surface area contributed by atoms with Crippen molar-refractivity contribution in [2.75, 3.05) is 7.11 Å². The Bertz CT molecular complexity index is 662. The number of aromatic nitrogens is 1. The van der Waals surface area contributed by atoms with Crippen molar-refractivity contribution in [2.24, 2.45) is 0 Å². The lowest BCUT2D eigenvalue weighted by Gasteiger charge is -2.09. The molecule has 0 radical (unpaired) electrons. The zero-order chi connectivity index (χ0) is 15.4. The number of pyridine rings is 1. The first-order valence-electron chi connectivity index (χ1n) is 5.82. The lowest BCUT2D eigenvalue weighted by molar-refractivity contribution is 0.0595. The van der Waals surface area contributed by atoms with E-state index in [0.717, 1.165) is 19.4 Å². The summed E-state index contributed by atoms with van der Waals surface area (Å²) in [4.78, 5) is 15.0. The number of halogens is 3. The van der Waals surface area contributed by atoms with E-state index in [2.05, 4.69) is 9.72 Å². The second-order valence-electron chi connectivity index (χ2n) is 4.02. The molecule has 4 nitrogen and oxygen atoms in total. The van der Waals surface area contributed by atoms with Gasteiger partial charge < -0.3 is 9.47 Å². The first-order valence-corrected chi connectivity index (χ1v) is 6.19. The Morgan fingerprint density at radius 3 is 2.71 bits per heavy atom. The molecule has 2 aromatic rings. The third-order valence-corrected chi connectivity index (χ3v) is 2.97. The quantitative estimate of drug-likeness (QED) is 0.812. The fourth-order valence-electron chi connectivity index (χ4n) is 1.56. The van der Waals surface area contributed by atoms with Crippen LogP contribution in [0.3, 0.4) is 0 Å². The highest BCUT2D eigenvalue weighted by Gasteiger charge is 2.16. The summed E-state index contributed by atoms with van der Waals surface area (Å²) in [5, 5.41) is 0.152. The number of carbonyl (C=O) groups is 1. The molecule has 0 atom stereocenters. The minimum Gasteiger partial charge on any atom is -0.473 e. The smallest absolute Gasteiger partial charge is 0.340 e. The van der Waals surface area contributed by atoms with Crippen molar-refractivity contribution in [3.63, 3.8) is 0 Å². The number of hydrogen-bond donors (Lipinski definition) is 0. The lowest BCUT2D eigenvalue weighted by Crippen LogP contribution is -2.06. The molecule has 1 heterocycles. The van der Waals surface area contributed by atoms with Crippen LogP contribution in [0.25, 0.3) is 0 Å². The van der Waals surface area contributed by atoms with E-state index in [1.54, 1.807) is 0 Å². The predicted molar refractivity (Wildman–Crippen MR) is 71.3 cm³/mol. The van der Waals surface area contributed by atoms with Gasteiger partial charge in [0.25, 0.3) is 0 Å². The van der Waals surface area contributed by atoms with Crippen LogP contribution in [0.5, 0.6) is 5.88 Å². The molecule has 0 aliphatic carbocycles. The van der Waals surface area contributed by atoms with Crippen molar-refractivity contribution in [2.45, 2.75) is 6.61 Å². The van der Waals surface area contributed by atoms with Gasteiger partial charge in [-0.3, -0.25) is 0 Å². The molecule has 0 saturated carbocycles. The molecule has 0 unspecified atom stereocenters. The fraction of sp³-hybridized carbons (Fsp3) is 0.143. The van der Waals surface area contributed by atoms with Gasteiger partial charge in [-0.2, -0.15) is 0 Å². The summed E-state index contributed by atoms with van der Waals surface area (Å²) in [5.74, 6) is -1.90. The monoisotopic (exact) mass is 313 g/mol.